The fraction of sp³-hybridized carbons (Fsp3) is 0.438. The molecule has 0 saturated carbocycles. The van der Waals surface area contributed by atoms with Gasteiger partial charge in [0.1, 0.15) is 5.82 Å². The minimum absolute atomic E-state index is 0.338. The normalized spacial score (nSPS) is 12.5. The summed E-state index contributed by atoms with van der Waals surface area (Å²) in [6, 6.07) is 9.96. The SMILES string of the molecule is Cn1ccnc1CCNCC(O)COCc1ccccc1. The third kappa shape index (κ3) is 5.67. The van der Waals surface area contributed by atoms with Gasteiger partial charge in [-0.25, -0.2) is 4.98 Å². The van der Waals surface area contributed by atoms with Gasteiger partial charge in [0.05, 0.1) is 19.3 Å². The molecule has 0 aliphatic heterocycles. The van der Waals surface area contributed by atoms with Crippen molar-refractivity contribution in [2.45, 2.75) is 19.1 Å². The van der Waals surface area contributed by atoms with Crippen LogP contribution in [0, 0.1) is 0 Å². The van der Waals surface area contributed by atoms with Gasteiger partial charge in [0.2, 0.25) is 0 Å². The summed E-state index contributed by atoms with van der Waals surface area (Å²) < 4.78 is 7.50. The van der Waals surface area contributed by atoms with E-state index < -0.39 is 6.10 Å². The van der Waals surface area contributed by atoms with Gasteiger partial charge in [0, 0.05) is 39.0 Å². The highest BCUT2D eigenvalue weighted by Crippen LogP contribution is 2.00. The third-order valence-corrected chi connectivity index (χ3v) is 3.25. The van der Waals surface area contributed by atoms with Crippen LogP contribution in [0.5, 0.6) is 0 Å². The molecule has 0 aliphatic carbocycles. The zero-order valence-corrected chi connectivity index (χ0v) is 12.4. The van der Waals surface area contributed by atoms with Crippen molar-refractivity contribution in [2.24, 2.45) is 7.05 Å². The molecule has 0 radical (unpaired) electrons. The van der Waals surface area contributed by atoms with Crippen LogP contribution in [0.1, 0.15) is 11.4 Å². The predicted octanol–water partition coefficient (Wildman–Crippen LogP) is 1.13. The molecule has 0 fully saturated rings. The number of nitrogens with zero attached hydrogens (tertiary/aromatic N) is 2. The second-order valence-electron chi connectivity index (χ2n) is 5.06. The van der Waals surface area contributed by atoms with E-state index in [-0.39, 0.29) is 0 Å². The first-order chi connectivity index (χ1) is 10.3. The fourth-order valence-electron chi connectivity index (χ4n) is 2.05. The van der Waals surface area contributed by atoms with Crippen molar-refractivity contribution < 1.29 is 9.84 Å². The van der Waals surface area contributed by atoms with E-state index in [4.69, 9.17) is 4.74 Å². The Bertz CT molecular complexity index is 513. The second kappa shape index (κ2) is 8.56. The number of rotatable bonds is 9. The number of imidazole rings is 1. The molecule has 1 atom stereocenters. The molecule has 1 aromatic heterocycles. The summed E-state index contributed by atoms with van der Waals surface area (Å²) in [5.41, 5.74) is 1.12. The van der Waals surface area contributed by atoms with Gasteiger partial charge in [0.25, 0.3) is 0 Å². The summed E-state index contributed by atoms with van der Waals surface area (Å²) in [6.07, 6.45) is 4.08. The minimum Gasteiger partial charge on any atom is -0.389 e. The molecule has 21 heavy (non-hydrogen) atoms. The number of nitrogens with one attached hydrogen (secondary N) is 1. The quantitative estimate of drug-likeness (QED) is 0.679. The van der Waals surface area contributed by atoms with Crippen molar-refractivity contribution >= 4 is 0 Å². The number of benzene rings is 1. The van der Waals surface area contributed by atoms with Gasteiger partial charge in [-0.05, 0) is 5.56 Å². The molecule has 1 aromatic carbocycles. The molecule has 0 saturated heterocycles. The Balaban J connectivity index is 1.53. The Labute approximate surface area is 125 Å². The summed E-state index contributed by atoms with van der Waals surface area (Å²) in [7, 11) is 1.98. The summed E-state index contributed by atoms with van der Waals surface area (Å²) in [4.78, 5) is 4.25. The first-order valence-corrected chi connectivity index (χ1v) is 7.22. The van der Waals surface area contributed by atoms with E-state index in [1.54, 1.807) is 6.20 Å². The zero-order valence-electron chi connectivity index (χ0n) is 12.4. The van der Waals surface area contributed by atoms with Crippen molar-refractivity contribution in [3.63, 3.8) is 0 Å². The molecule has 2 rings (SSSR count). The van der Waals surface area contributed by atoms with Crippen LogP contribution in [0.15, 0.2) is 42.7 Å². The average Bonchev–Trinajstić information content (AvgIpc) is 2.90. The summed E-state index contributed by atoms with van der Waals surface area (Å²) in [5, 5.41) is 13.0. The van der Waals surface area contributed by atoms with Gasteiger partial charge >= 0.3 is 0 Å². The highest BCUT2D eigenvalue weighted by Gasteiger charge is 2.05. The molecule has 5 heteroatoms. The number of hydrogen-bond donors (Lipinski definition) is 2. The third-order valence-electron chi connectivity index (χ3n) is 3.25. The summed E-state index contributed by atoms with van der Waals surface area (Å²) in [6.45, 7) is 2.19. The predicted molar refractivity (Wildman–Crippen MR) is 81.9 cm³/mol. The number of ether oxygens (including phenoxy) is 1. The topological polar surface area (TPSA) is 59.3 Å². The Morgan fingerprint density at radius 3 is 2.86 bits per heavy atom. The van der Waals surface area contributed by atoms with Gasteiger partial charge < -0.3 is 19.7 Å². The van der Waals surface area contributed by atoms with Crippen molar-refractivity contribution in [3.05, 3.63) is 54.1 Å². The van der Waals surface area contributed by atoms with Gasteiger partial charge in [-0.2, -0.15) is 0 Å². The zero-order chi connectivity index (χ0) is 14.9. The molecular weight excluding hydrogens is 266 g/mol. The van der Waals surface area contributed by atoms with E-state index in [1.807, 2.05) is 48.1 Å². The van der Waals surface area contributed by atoms with E-state index in [9.17, 15) is 5.11 Å². The lowest BCUT2D eigenvalue weighted by Crippen LogP contribution is -2.31. The van der Waals surface area contributed by atoms with Gasteiger partial charge in [0.15, 0.2) is 0 Å². The Morgan fingerprint density at radius 2 is 2.14 bits per heavy atom. The fourth-order valence-corrected chi connectivity index (χ4v) is 2.05. The van der Waals surface area contributed by atoms with Crippen molar-refractivity contribution in [1.82, 2.24) is 14.9 Å². The standard InChI is InChI=1S/C16H23N3O2/c1-19-10-9-18-16(19)7-8-17-11-15(20)13-21-12-14-5-3-2-4-6-14/h2-6,9-10,15,17,20H,7-8,11-13H2,1H3. The van der Waals surface area contributed by atoms with Crippen molar-refractivity contribution in [3.8, 4) is 0 Å². The van der Waals surface area contributed by atoms with E-state index >= 15 is 0 Å². The first-order valence-electron chi connectivity index (χ1n) is 7.22. The molecule has 0 bridgehead atoms. The minimum atomic E-state index is -0.491. The van der Waals surface area contributed by atoms with Crippen LogP contribution in [-0.4, -0.2) is 40.5 Å². The number of aliphatic hydroxyl groups is 1. The van der Waals surface area contributed by atoms with Crippen LogP contribution in [0.4, 0.5) is 0 Å². The highest BCUT2D eigenvalue weighted by molar-refractivity contribution is 5.13. The molecular formula is C16H23N3O2. The van der Waals surface area contributed by atoms with Crippen LogP contribution in [0.2, 0.25) is 0 Å². The van der Waals surface area contributed by atoms with Gasteiger partial charge in [-0.15, -0.1) is 0 Å². The monoisotopic (exact) mass is 289 g/mol. The molecule has 114 valence electrons. The Morgan fingerprint density at radius 1 is 1.33 bits per heavy atom. The van der Waals surface area contributed by atoms with Crippen LogP contribution in [-0.2, 0) is 24.8 Å². The van der Waals surface area contributed by atoms with Crippen LogP contribution in [0.25, 0.3) is 0 Å². The first kappa shape index (κ1) is 15.7. The summed E-state index contributed by atoms with van der Waals surface area (Å²) in [5.74, 6) is 1.04. The maximum atomic E-state index is 9.83. The number of aromatic nitrogens is 2. The van der Waals surface area contributed by atoms with Crippen LogP contribution < -0.4 is 5.32 Å². The highest BCUT2D eigenvalue weighted by atomic mass is 16.5. The maximum absolute atomic E-state index is 9.83. The number of hydrogen-bond acceptors (Lipinski definition) is 4. The van der Waals surface area contributed by atoms with E-state index in [0.29, 0.717) is 19.8 Å². The molecule has 2 aromatic rings. The van der Waals surface area contributed by atoms with Gasteiger partial charge in [-0.1, -0.05) is 30.3 Å². The van der Waals surface area contributed by atoms with E-state index in [1.165, 1.54) is 0 Å². The largest absolute Gasteiger partial charge is 0.389 e. The summed E-state index contributed by atoms with van der Waals surface area (Å²) >= 11 is 0. The molecule has 0 amide bonds. The van der Waals surface area contributed by atoms with Crippen molar-refractivity contribution in [2.75, 3.05) is 19.7 Å². The molecule has 1 heterocycles. The lowest BCUT2D eigenvalue weighted by atomic mass is 10.2. The molecule has 0 spiro atoms. The van der Waals surface area contributed by atoms with Gasteiger partial charge in [-0.3, -0.25) is 0 Å². The van der Waals surface area contributed by atoms with E-state index in [0.717, 1.165) is 24.4 Å². The molecule has 0 aliphatic rings. The van der Waals surface area contributed by atoms with Crippen LogP contribution in [0.3, 0.4) is 0 Å². The number of aliphatic hydroxyl groups excluding tert-OH is 1. The Kier molecular flexibility index (Phi) is 6.40. The Hall–Kier alpha value is -1.69. The maximum Gasteiger partial charge on any atom is 0.109 e. The lowest BCUT2D eigenvalue weighted by Gasteiger charge is -2.12. The van der Waals surface area contributed by atoms with E-state index in [2.05, 4.69) is 10.3 Å². The lowest BCUT2D eigenvalue weighted by molar-refractivity contribution is 0.0290. The number of aryl methyl sites for hydroxylation is 1. The molecule has 2 N–H and O–H groups in total. The molecule has 1 unspecified atom stereocenters. The average molecular weight is 289 g/mol. The van der Waals surface area contributed by atoms with Crippen LogP contribution >= 0.6 is 0 Å². The molecule has 5 nitrogen and oxygen atoms in total. The smallest absolute Gasteiger partial charge is 0.109 e. The van der Waals surface area contributed by atoms with Crippen molar-refractivity contribution in [1.29, 1.82) is 0 Å². The second-order valence-corrected chi connectivity index (χ2v) is 5.06.